The van der Waals surface area contributed by atoms with Crippen molar-refractivity contribution in [2.24, 2.45) is 4.99 Å². The number of carbonyl (C=O) groups excluding carboxylic acids is 2. The molecule has 2 amide bonds. The largest absolute Gasteiger partial charge is 0.443 e. The molecule has 0 unspecified atom stereocenters. The van der Waals surface area contributed by atoms with Crippen LogP contribution in [0.15, 0.2) is 41.9 Å². The number of amides is 2. The van der Waals surface area contributed by atoms with E-state index in [-0.39, 0.29) is 12.5 Å². The normalized spacial score (nSPS) is 14.6. The van der Waals surface area contributed by atoms with E-state index in [1.54, 1.807) is 47.6 Å². The van der Waals surface area contributed by atoms with E-state index in [0.717, 1.165) is 24.1 Å². The topological polar surface area (TPSA) is 71.4 Å². The molecule has 0 bridgehead atoms. The first-order chi connectivity index (χ1) is 13.9. The number of hydrogen-bond donors (Lipinski definition) is 0. The quantitative estimate of drug-likeness (QED) is 0.379. The van der Waals surface area contributed by atoms with Crippen molar-refractivity contribution in [1.82, 2.24) is 4.90 Å². The van der Waals surface area contributed by atoms with Crippen molar-refractivity contribution in [2.75, 3.05) is 18.0 Å². The van der Waals surface area contributed by atoms with Crippen LogP contribution in [0.2, 0.25) is 0 Å². The highest BCUT2D eigenvalue weighted by molar-refractivity contribution is 6.08. The zero-order valence-electron chi connectivity index (χ0n) is 18.9. The second kappa shape index (κ2) is 9.32. The highest BCUT2D eigenvalue weighted by Gasteiger charge is 2.32. The van der Waals surface area contributed by atoms with Gasteiger partial charge in [-0.1, -0.05) is 24.3 Å². The number of benzene rings is 1. The van der Waals surface area contributed by atoms with Crippen LogP contribution < -0.4 is 4.90 Å². The maximum absolute atomic E-state index is 13.0. The Labute approximate surface area is 179 Å². The Kier molecular flexibility index (Phi) is 7.29. The molecule has 7 heteroatoms. The summed E-state index contributed by atoms with van der Waals surface area (Å²) >= 11 is 0. The molecule has 0 saturated heterocycles. The molecule has 7 nitrogen and oxygen atoms in total. The van der Waals surface area contributed by atoms with Crippen LogP contribution in [0.5, 0.6) is 0 Å². The SMILES string of the molecule is C=CCN(C(=O)OC(C)(C)C)/C(=N\C(=O)OC(C)(C)C)N1CCCc2ccccc21. The van der Waals surface area contributed by atoms with Gasteiger partial charge in [-0.2, -0.15) is 0 Å². The van der Waals surface area contributed by atoms with Crippen molar-refractivity contribution in [1.29, 1.82) is 0 Å². The lowest BCUT2D eigenvalue weighted by Gasteiger charge is -2.36. The summed E-state index contributed by atoms with van der Waals surface area (Å²) in [5.41, 5.74) is 0.626. The van der Waals surface area contributed by atoms with Crippen LogP contribution in [-0.2, 0) is 15.9 Å². The van der Waals surface area contributed by atoms with Crippen molar-refractivity contribution in [2.45, 2.75) is 65.6 Å². The number of guanidine groups is 1. The Balaban J connectivity index is 2.53. The molecule has 1 aliphatic heterocycles. The smallest absolute Gasteiger partial charge is 0.437 e. The van der Waals surface area contributed by atoms with E-state index in [9.17, 15) is 9.59 Å². The molecule has 0 aliphatic carbocycles. The van der Waals surface area contributed by atoms with Crippen LogP contribution >= 0.6 is 0 Å². The lowest BCUT2D eigenvalue weighted by atomic mass is 10.0. The third-order valence-electron chi connectivity index (χ3n) is 4.10. The molecule has 1 aliphatic rings. The highest BCUT2D eigenvalue weighted by atomic mass is 16.6. The molecular weight excluding hydrogens is 382 g/mol. The molecule has 0 fully saturated rings. The van der Waals surface area contributed by atoms with Gasteiger partial charge in [0, 0.05) is 18.8 Å². The van der Waals surface area contributed by atoms with Crippen molar-refractivity contribution >= 4 is 23.8 Å². The van der Waals surface area contributed by atoms with E-state index < -0.39 is 23.4 Å². The minimum Gasteiger partial charge on any atom is -0.443 e. The summed E-state index contributed by atoms with van der Waals surface area (Å²) in [6.45, 7) is 15.2. The molecule has 1 heterocycles. The molecule has 1 aromatic carbocycles. The maximum Gasteiger partial charge on any atom is 0.437 e. The predicted molar refractivity (Wildman–Crippen MR) is 119 cm³/mol. The van der Waals surface area contributed by atoms with Crippen LogP contribution in [0.3, 0.4) is 0 Å². The number of aliphatic imine (C=N–C) groups is 1. The number of rotatable bonds is 2. The molecular formula is C23H33N3O4. The standard InChI is InChI=1S/C23H33N3O4/c1-8-15-26(21(28)30-23(5,6)7)19(24-20(27)29-22(2,3)4)25-16-11-13-17-12-9-10-14-18(17)25/h8-10,12,14H,1,11,13,15-16H2,2-7H3/b24-19-. The summed E-state index contributed by atoms with van der Waals surface area (Å²) < 4.78 is 11.0. The molecule has 1 aromatic rings. The van der Waals surface area contributed by atoms with Crippen LogP contribution in [0.25, 0.3) is 0 Å². The third kappa shape index (κ3) is 6.61. The fourth-order valence-electron chi connectivity index (χ4n) is 3.06. The Morgan fingerprint density at radius 1 is 1.13 bits per heavy atom. The van der Waals surface area contributed by atoms with Crippen LogP contribution in [0, 0.1) is 0 Å². The Morgan fingerprint density at radius 2 is 1.77 bits per heavy atom. The van der Waals surface area contributed by atoms with Gasteiger partial charge in [-0.25, -0.2) is 14.5 Å². The number of ether oxygens (including phenoxy) is 2. The van der Waals surface area contributed by atoms with Gasteiger partial charge < -0.3 is 14.4 Å². The van der Waals surface area contributed by atoms with Gasteiger partial charge in [0.2, 0.25) is 5.96 Å². The maximum atomic E-state index is 13.0. The van der Waals surface area contributed by atoms with Crippen LogP contribution in [0.4, 0.5) is 15.3 Å². The van der Waals surface area contributed by atoms with Gasteiger partial charge in [0.1, 0.15) is 11.2 Å². The van der Waals surface area contributed by atoms with Gasteiger partial charge in [0.15, 0.2) is 0 Å². The summed E-state index contributed by atoms with van der Waals surface area (Å²) in [6, 6.07) is 7.90. The molecule has 2 rings (SSSR count). The first kappa shape index (κ1) is 23.4. The summed E-state index contributed by atoms with van der Waals surface area (Å²) in [7, 11) is 0. The van der Waals surface area contributed by atoms with Crippen LogP contribution in [0.1, 0.15) is 53.5 Å². The lowest BCUT2D eigenvalue weighted by molar-refractivity contribution is 0.0380. The number of carbonyl (C=O) groups is 2. The summed E-state index contributed by atoms with van der Waals surface area (Å²) in [4.78, 5) is 33.0. The van der Waals surface area contributed by atoms with Crippen molar-refractivity contribution in [3.63, 3.8) is 0 Å². The first-order valence-electron chi connectivity index (χ1n) is 10.2. The second-order valence-corrected chi connectivity index (χ2v) is 9.16. The summed E-state index contributed by atoms with van der Waals surface area (Å²) in [5, 5.41) is 0. The Morgan fingerprint density at radius 3 is 2.37 bits per heavy atom. The molecule has 0 atom stereocenters. The van der Waals surface area contributed by atoms with Gasteiger partial charge in [0.05, 0.1) is 0 Å². The Hall–Kier alpha value is -2.83. The van der Waals surface area contributed by atoms with E-state index in [4.69, 9.17) is 9.47 Å². The molecule has 0 spiro atoms. The van der Waals surface area contributed by atoms with Crippen molar-refractivity contribution in [3.05, 3.63) is 42.5 Å². The van der Waals surface area contributed by atoms with Gasteiger partial charge in [0.25, 0.3) is 0 Å². The van der Waals surface area contributed by atoms with Crippen LogP contribution in [-0.4, -0.2) is 47.3 Å². The van der Waals surface area contributed by atoms with E-state index in [0.29, 0.717) is 6.54 Å². The zero-order valence-corrected chi connectivity index (χ0v) is 18.9. The number of nitrogens with zero attached hydrogens (tertiary/aromatic N) is 3. The van der Waals surface area contributed by atoms with Crippen molar-refractivity contribution in [3.8, 4) is 0 Å². The molecule has 0 radical (unpaired) electrons. The number of hydrogen-bond acceptors (Lipinski definition) is 4. The lowest BCUT2D eigenvalue weighted by Crippen LogP contribution is -2.51. The summed E-state index contributed by atoms with van der Waals surface area (Å²) in [5.74, 6) is 0.172. The van der Waals surface area contributed by atoms with Crippen molar-refractivity contribution < 1.29 is 19.1 Å². The van der Waals surface area contributed by atoms with E-state index in [2.05, 4.69) is 11.6 Å². The average molecular weight is 416 g/mol. The second-order valence-electron chi connectivity index (χ2n) is 9.16. The molecule has 30 heavy (non-hydrogen) atoms. The summed E-state index contributed by atoms with van der Waals surface area (Å²) in [6.07, 6.45) is 1.98. The molecule has 164 valence electrons. The number of para-hydroxylation sites is 1. The minimum atomic E-state index is -0.766. The van der Waals surface area contributed by atoms with Gasteiger partial charge in [-0.3, -0.25) is 0 Å². The third-order valence-corrected chi connectivity index (χ3v) is 4.10. The van der Waals surface area contributed by atoms with E-state index >= 15 is 0 Å². The number of aryl methyl sites for hydroxylation is 1. The molecule has 0 N–H and O–H groups in total. The molecule has 0 aromatic heterocycles. The zero-order chi connectivity index (χ0) is 22.5. The average Bonchev–Trinajstić information content (AvgIpc) is 2.61. The van der Waals surface area contributed by atoms with E-state index in [1.807, 2.05) is 29.2 Å². The number of anilines is 1. The first-order valence-corrected chi connectivity index (χ1v) is 10.2. The molecule has 0 saturated carbocycles. The monoisotopic (exact) mass is 415 g/mol. The fraction of sp³-hybridized carbons (Fsp3) is 0.522. The minimum absolute atomic E-state index is 0.134. The highest BCUT2D eigenvalue weighted by Crippen LogP contribution is 2.28. The fourth-order valence-corrected chi connectivity index (χ4v) is 3.06. The van der Waals surface area contributed by atoms with Gasteiger partial charge >= 0.3 is 12.2 Å². The predicted octanol–water partition coefficient (Wildman–Crippen LogP) is 5.15. The van der Waals surface area contributed by atoms with Gasteiger partial charge in [-0.05, 0) is 66.0 Å². The van der Waals surface area contributed by atoms with E-state index in [1.165, 1.54) is 4.90 Å². The number of fused-ring (bicyclic) bond motifs is 1. The van der Waals surface area contributed by atoms with Gasteiger partial charge in [-0.15, -0.1) is 11.6 Å². The Bertz CT molecular complexity index is 818.